The topological polar surface area (TPSA) is 75.2 Å². The van der Waals surface area contributed by atoms with Crippen molar-refractivity contribution in [1.82, 2.24) is 10.2 Å². The summed E-state index contributed by atoms with van der Waals surface area (Å²) in [4.78, 5) is 10.8. The molecule has 0 saturated carbocycles. The van der Waals surface area contributed by atoms with Crippen molar-refractivity contribution < 1.29 is 19.0 Å². The Morgan fingerprint density at radius 1 is 1.50 bits per heavy atom. The van der Waals surface area contributed by atoms with Gasteiger partial charge in [-0.1, -0.05) is 6.07 Å². The lowest BCUT2D eigenvalue weighted by molar-refractivity contribution is 0.0690. The molecule has 2 rings (SSSR count). The molecule has 2 N–H and O–H groups in total. The number of aromatic carboxylic acids is 1. The molecule has 0 amide bonds. The second-order valence-electron chi connectivity index (χ2n) is 3.74. The second kappa shape index (κ2) is 4.48. The summed E-state index contributed by atoms with van der Waals surface area (Å²) in [6, 6.07) is 4.15. The van der Waals surface area contributed by atoms with E-state index < -0.39 is 11.8 Å². The third-order valence-corrected chi connectivity index (χ3v) is 2.57. The predicted octanol–water partition coefficient (Wildman–Crippen LogP) is 2.23. The maximum atomic E-state index is 13.8. The Morgan fingerprint density at radius 3 is 2.78 bits per heavy atom. The highest BCUT2D eigenvalue weighted by Gasteiger charge is 2.18. The fraction of sp³-hybridized carbons (Fsp3) is 0.167. The number of nitrogens with zero attached hydrogens (tertiary/aromatic N) is 1. The molecule has 0 radical (unpaired) electrons. The monoisotopic (exact) mass is 250 g/mol. The third-order valence-electron chi connectivity index (χ3n) is 2.57. The van der Waals surface area contributed by atoms with Gasteiger partial charge in [0.25, 0.3) is 0 Å². The summed E-state index contributed by atoms with van der Waals surface area (Å²) in [6.45, 7) is 1.77. The number of hydrogen-bond acceptors (Lipinski definition) is 3. The average molecular weight is 250 g/mol. The van der Waals surface area contributed by atoms with Crippen molar-refractivity contribution in [3.05, 3.63) is 35.3 Å². The molecule has 0 bridgehead atoms. The zero-order valence-electron chi connectivity index (χ0n) is 9.82. The number of aromatic nitrogens is 2. The van der Waals surface area contributed by atoms with Crippen LogP contribution in [0.15, 0.2) is 18.2 Å². The predicted molar refractivity (Wildman–Crippen MR) is 62.2 cm³/mol. The van der Waals surface area contributed by atoms with Gasteiger partial charge in [0.2, 0.25) is 0 Å². The molecule has 5 nitrogen and oxygen atoms in total. The van der Waals surface area contributed by atoms with Gasteiger partial charge in [-0.05, 0) is 24.6 Å². The molecule has 0 unspecified atom stereocenters. The summed E-state index contributed by atoms with van der Waals surface area (Å²) in [7, 11) is 1.43. The van der Waals surface area contributed by atoms with Crippen LogP contribution in [-0.2, 0) is 0 Å². The van der Waals surface area contributed by atoms with Gasteiger partial charge in [-0.2, -0.15) is 5.10 Å². The molecule has 0 atom stereocenters. The number of carboxylic acids is 1. The van der Waals surface area contributed by atoms with E-state index in [4.69, 9.17) is 9.84 Å². The largest absolute Gasteiger partial charge is 0.496 e. The Bertz CT molecular complexity index is 607. The van der Waals surface area contributed by atoms with E-state index in [1.807, 2.05) is 0 Å². The Hall–Kier alpha value is -2.37. The first kappa shape index (κ1) is 12.1. The third kappa shape index (κ3) is 1.92. The standard InChI is InChI=1S/C12H11FN2O3/c1-6-3-4-7(13)10(11(6)18-2)8-5-9(12(16)17)15-14-8/h3-5H,1-2H3,(H,14,15)(H,16,17). The van der Waals surface area contributed by atoms with Crippen LogP contribution >= 0.6 is 0 Å². The van der Waals surface area contributed by atoms with Crippen LogP contribution in [0.3, 0.4) is 0 Å². The van der Waals surface area contributed by atoms with Crippen LogP contribution in [0.2, 0.25) is 0 Å². The first-order chi connectivity index (χ1) is 8.54. The van der Waals surface area contributed by atoms with E-state index in [1.54, 1.807) is 13.0 Å². The Kier molecular flexibility index (Phi) is 3.01. The van der Waals surface area contributed by atoms with Crippen molar-refractivity contribution >= 4 is 5.97 Å². The summed E-state index contributed by atoms with van der Waals surface area (Å²) >= 11 is 0. The lowest BCUT2D eigenvalue weighted by atomic mass is 10.1. The van der Waals surface area contributed by atoms with Gasteiger partial charge in [-0.25, -0.2) is 9.18 Å². The average Bonchev–Trinajstić information content (AvgIpc) is 2.81. The minimum absolute atomic E-state index is 0.104. The summed E-state index contributed by atoms with van der Waals surface area (Å²) in [5.41, 5.74) is 0.994. The molecule has 6 heteroatoms. The minimum atomic E-state index is -1.15. The van der Waals surface area contributed by atoms with E-state index in [0.29, 0.717) is 5.75 Å². The molecule has 1 aromatic heterocycles. The van der Waals surface area contributed by atoms with E-state index in [9.17, 15) is 9.18 Å². The Labute approximate surface area is 102 Å². The molecular formula is C12H11FN2O3. The number of aryl methyl sites for hydroxylation is 1. The van der Waals surface area contributed by atoms with Gasteiger partial charge >= 0.3 is 5.97 Å². The summed E-state index contributed by atoms with van der Waals surface area (Å²) in [5.74, 6) is -1.32. The maximum Gasteiger partial charge on any atom is 0.353 e. The van der Waals surface area contributed by atoms with E-state index in [2.05, 4.69) is 10.2 Å². The molecular weight excluding hydrogens is 239 g/mol. The van der Waals surface area contributed by atoms with E-state index in [-0.39, 0.29) is 17.0 Å². The number of methoxy groups -OCH3 is 1. The smallest absolute Gasteiger partial charge is 0.353 e. The first-order valence-corrected chi connectivity index (χ1v) is 5.16. The fourth-order valence-electron chi connectivity index (χ4n) is 1.72. The molecule has 94 valence electrons. The van der Waals surface area contributed by atoms with Gasteiger partial charge in [0.1, 0.15) is 17.3 Å². The molecule has 1 aromatic carbocycles. The molecule has 0 saturated heterocycles. The number of aromatic amines is 1. The van der Waals surface area contributed by atoms with Gasteiger partial charge in [-0.15, -0.1) is 0 Å². The summed E-state index contributed by atoms with van der Waals surface area (Å²) < 4.78 is 19.0. The lowest BCUT2D eigenvalue weighted by Crippen LogP contribution is -1.95. The number of rotatable bonds is 3. The molecule has 0 fully saturated rings. The summed E-state index contributed by atoms with van der Waals surface area (Å²) in [6.07, 6.45) is 0. The van der Waals surface area contributed by atoms with Crippen LogP contribution in [0, 0.1) is 12.7 Å². The van der Waals surface area contributed by atoms with Crippen LogP contribution < -0.4 is 4.74 Å². The molecule has 2 aromatic rings. The van der Waals surface area contributed by atoms with Gasteiger partial charge in [0.05, 0.1) is 18.4 Å². The number of H-pyrrole nitrogens is 1. The van der Waals surface area contributed by atoms with E-state index >= 15 is 0 Å². The van der Waals surface area contributed by atoms with Crippen LogP contribution in [0.1, 0.15) is 16.1 Å². The Morgan fingerprint density at radius 2 is 2.22 bits per heavy atom. The number of halogens is 1. The van der Waals surface area contributed by atoms with E-state index in [1.165, 1.54) is 19.2 Å². The van der Waals surface area contributed by atoms with Crippen molar-refractivity contribution in [1.29, 1.82) is 0 Å². The molecule has 0 aliphatic heterocycles. The van der Waals surface area contributed by atoms with Gasteiger partial charge in [-0.3, -0.25) is 5.10 Å². The number of hydrogen-bond donors (Lipinski definition) is 2. The van der Waals surface area contributed by atoms with Crippen molar-refractivity contribution in [3.8, 4) is 17.0 Å². The summed E-state index contributed by atoms with van der Waals surface area (Å²) in [5, 5.41) is 14.9. The van der Waals surface area contributed by atoms with Crippen molar-refractivity contribution in [2.75, 3.05) is 7.11 Å². The molecule has 0 aliphatic carbocycles. The van der Waals surface area contributed by atoms with Crippen molar-refractivity contribution in [2.24, 2.45) is 0 Å². The van der Waals surface area contributed by atoms with Gasteiger partial charge < -0.3 is 9.84 Å². The van der Waals surface area contributed by atoms with Crippen LogP contribution in [0.4, 0.5) is 4.39 Å². The molecule has 18 heavy (non-hydrogen) atoms. The van der Waals surface area contributed by atoms with Crippen molar-refractivity contribution in [2.45, 2.75) is 6.92 Å². The zero-order chi connectivity index (χ0) is 13.3. The normalized spacial score (nSPS) is 10.4. The lowest BCUT2D eigenvalue weighted by Gasteiger charge is -2.10. The van der Waals surface area contributed by atoms with Crippen LogP contribution in [-0.4, -0.2) is 28.4 Å². The number of nitrogens with one attached hydrogen (secondary N) is 1. The molecule has 1 heterocycles. The minimum Gasteiger partial charge on any atom is -0.496 e. The highest BCUT2D eigenvalue weighted by molar-refractivity contribution is 5.87. The SMILES string of the molecule is COc1c(C)ccc(F)c1-c1cc(C(=O)O)[nH]n1. The van der Waals surface area contributed by atoms with E-state index in [0.717, 1.165) is 5.56 Å². The maximum absolute atomic E-state index is 13.8. The van der Waals surface area contributed by atoms with Crippen molar-refractivity contribution in [3.63, 3.8) is 0 Å². The second-order valence-corrected chi connectivity index (χ2v) is 3.74. The van der Waals surface area contributed by atoms with Crippen LogP contribution in [0.25, 0.3) is 11.3 Å². The zero-order valence-corrected chi connectivity index (χ0v) is 9.82. The first-order valence-electron chi connectivity index (χ1n) is 5.16. The van der Waals surface area contributed by atoms with Gasteiger partial charge in [0, 0.05) is 0 Å². The quantitative estimate of drug-likeness (QED) is 0.875. The molecule has 0 aliphatic rings. The highest BCUT2D eigenvalue weighted by atomic mass is 19.1. The fourth-order valence-corrected chi connectivity index (χ4v) is 1.72. The highest BCUT2D eigenvalue weighted by Crippen LogP contribution is 2.34. The van der Waals surface area contributed by atoms with Gasteiger partial charge in [0.15, 0.2) is 0 Å². The number of carboxylic acid groups (broad SMARTS) is 1. The number of carbonyl (C=O) groups is 1. The number of ether oxygens (including phenoxy) is 1. The number of benzene rings is 1. The Balaban J connectivity index is 2.62. The van der Waals surface area contributed by atoms with Crippen LogP contribution in [0.5, 0.6) is 5.75 Å². The molecule has 0 spiro atoms.